The Bertz CT molecular complexity index is 355. The highest BCUT2D eigenvalue weighted by atomic mass is 16.3. The third-order valence-electron chi connectivity index (χ3n) is 2.45. The molecule has 2 N–H and O–H groups in total. The van der Waals surface area contributed by atoms with Gasteiger partial charge in [0, 0.05) is 25.5 Å². The van der Waals surface area contributed by atoms with Crippen molar-refractivity contribution < 1.29 is 5.11 Å². The maximum Gasteiger partial charge on any atom is 0.290 e. The summed E-state index contributed by atoms with van der Waals surface area (Å²) in [6.45, 7) is 1.39. The van der Waals surface area contributed by atoms with Crippen molar-refractivity contribution in [2.45, 2.75) is 18.9 Å². The number of rotatable bonds is 1. The topological polar surface area (TPSA) is 69.2 Å². The van der Waals surface area contributed by atoms with E-state index in [0.717, 1.165) is 0 Å². The molecule has 5 nitrogen and oxygen atoms in total. The number of hydrogen-bond acceptors (Lipinski definition) is 4. The Balaban J connectivity index is 2.16. The van der Waals surface area contributed by atoms with Gasteiger partial charge < -0.3 is 15.0 Å². The maximum atomic E-state index is 11.4. The van der Waals surface area contributed by atoms with Crippen LogP contribution in [-0.4, -0.2) is 34.3 Å². The normalized spacial score (nSPS) is 18.5. The van der Waals surface area contributed by atoms with E-state index in [9.17, 15) is 9.90 Å². The first-order chi connectivity index (χ1) is 6.77. The summed E-state index contributed by atoms with van der Waals surface area (Å²) in [5, 5.41) is 9.31. The first kappa shape index (κ1) is 9.21. The molecule has 5 heteroatoms. The fourth-order valence-corrected chi connectivity index (χ4v) is 1.65. The molecular formula is C9H13N3O2. The Morgan fingerprint density at radius 2 is 2.21 bits per heavy atom. The van der Waals surface area contributed by atoms with Crippen molar-refractivity contribution in [1.29, 1.82) is 0 Å². The second-order valence-corrected chi connectivity index (χ2v) is 3.46. The van der Waals surface area contributed by atoms with Crippen LogP contribution in [0.5, 0.6) is 0 Å². The molecule has 0 bridgehead atoms. The summed E-state index contributed by atoms with van der Waals surface area (Å²) in [5.74, 6) is 0.458. The van der Waals surface area contributed by atoms with Gasteiger partial charge in [-0.25, -0.2) is 4.98 Å². The van der Waals surface area contributed by atoms with E-state index in [1.54, 1.807) is 6.20 Å². The molecular weight excluding hydrogens is 182 g/mol. The van der Waals surface area contributed by atoms with Crippen LogP contribution in [-0.2, 0) is 0 Å². The van der Waals surface area contributed by atoms with Gasteiger partial charge in [0.15, 0.2) is 5.82 Å². The van der Waals surface area contributed by atoms with Gasteiger partial charge in [-0.15, -0.1) is 0 Å². The van der Waals surface area contributed by atoms with Crippen LogP contribution in [0.1, 0.15) is 12.8 Å². The summed E-state index contributed by atoms with van der Waals surface area (Å²) in [6, 6.07) is 0. The van der Waals surface area contributed by atoms with Crippen LogP contribution >= 0.6 is 0 Å². The van der Waals surface area contributed by atoms with Crippen LogP contribution in [0.15, 0.2) is 17.2 Å². The average molecular weight is 195 g/mol. The first-order valence-electron chi connectivity index (χ1n) is 4.74. The summed E-state index contributed by atoms with van der Waals surface area (Å²) >= 11 is 0. The lowest BCUT2D eigenvalue weighted by atomic mass is 10.1. The van der Waals surface area contributed by atoms with Gasteiger partial charge in [0.1, 0.15) is 0 Å². The quantitative estimate of drug-likeness (QED) is 0.647. The van der Waals surface area contributed by atoms with Gasteiger partial charge in [-0.2, -0.15) is 0 Å². The minimum absolute atomic E-state index is 0.163. The molecule has 0 atom stereocenters. The number of aliphatic hydroxyl groups excluding tert-OH is 1. The SMILES string of the molecule is O=c1[nH]ccnc1N1CCC(O)CC1. The predicted octanol–water partition coefficient (Wildman–Crippen LogP) is -0.269. The number of aliphatic hydroxyl groups is 1. The minimum Gasteiger partial charge on any atom is -0.393 e. The van der Waals surface area contributed by atoms with E-state index in [0.29, 0.717) is 31.7 Å². The van der Waals surface area contributed by atoms with Crippen molar-refractivity contribution >= 4 is 5.82 Å². The van der Waals surface area contributed by atoms with E-state index >= 15 is 0 Å². The molecule has 1 aromatic heterocycles. The number of nitrogens with one attached hydrogen (secondary N) is 1. The highest BCUT2D eigenvalue weighted by Crippen LogP contribution is 2.13. The molecule has 0 radical (unpaired) electrons. The lowest BCUT2D eigenvalue weighted by Gasteiger charge is -2.29. The molecule has 2 rings (SSSR count). The molecule has 2 heterocycles. The predicted molar refractivity (Wildman–Crippen MR) is 52.3 cm³/mol. The summed E-state index contributed by atoms with van der Waals surface area (Å²) in [4.78, 5) is 19.9. The number of hydrogen-bond donors (Lipinski definition) is 2. The second kappa shape index (κ2) is 3.79. The maximum absolute atomic E-state index is 11.4. The summed E-state index contributed by atoms with van der Waals surface area (Å²) in [6.07, 6.45) is 4.27. The number of H-pyrrole nitrogens is 1. The van der Waals surface area contributed by atoms with Gasteiger partial charge in [-0.3, -0.25) is 4.79 Å². The summed E-state index contributed by atoms with van der Waals surface area (Å²) in [5.41, 5.74) is -0.163. The highest BCUT2D eigenvalue weighted by Gasteiger charge is 2.19. The number of aromatic nitrogens is 2. The molecule has 1 saturated heterocycles. The zero-order chi connectivity index (χ0) is 9.97. The van der Waals surface area contributed by atoms with Gasteiger partial charge in [0.05, 0.1) is 6.10 Å². The van der Waals surface area contributed by atoms with E-state index in [1.807, 2.05) is 4.90 Å². The van der Waals surface area contributed by atoms with Crippen molar-refractivity contribution in [2.24, 2.45) is 0 Å². The fourth-order valence-electron chi connectivity index (χ4n) is 1.65. The van der Waals surface area contributed by atoms with Crippen LogP contribution in [0.3, 0.4) is 0 Å². The van der Waals surface area contributed by atoms with E-state index in [4.69, 9.17) is 0 Å². The smallest absolute Gasteiger partial charge is 0.290 e. The third-order valence-corrected chi connectivity index (χ3v) is 2.45. The Morgan fingerprint density at radius 1 is 1.50 bits per heavy atom. The van der Waals surface area contributed by atoms with Crippen LogP contribution in [0.4, 0.5) is 5.82 Å². The molecule has 0 amide bonds. The third kappa shape index (κ3) is 1.77. The lowest BCUT2D eigenvalue weighted by Crippen LogP contribution is -2.39. The first-order valence-corrected chi connectivity index (χ1v) is 4.74. The Hall–Kier alpha value is -1.36. The summed E-state index contributed by atoms with van der Waals surface area (Å²) in [7, 11) is 0. The standard InChI is InChI=1S/C9H13N3O2/c13-7-1-5-12(6-2-7)8-9(14)11-4-3-10-8/h3-4,7,13H,1-2,5-6H2,(H,11,14). The molecule has 0 unspecified atom stereocenters. The van der Waals surface area contributed by atoms with Crippen molar-refractivity contribution in [1.82, 2.24) is 9.97 Å². The molecule has 1 fully saturated rings. The molecule has 0 saturated carbocycles. The Morgan fingerprint density at radius 3 is 2.86 bits per heavy atom. The van der Waals surface area contributed by atoms with Crippen LogP contribution in [0.25, 0.3) is 0 Å². The zero-order valence-electron chi connectivity index (χ0n) is 7.81. The monoisotopic (exact) mass is 195 g/mol. The van der Waals surface area contributed by atoms with Crippen molar-refractivity contribution in [3.8, 4) is 0 Å². The van der Waals surface area contributed by atoms with Crippen LogP contribution in [0, 0.1) is 0 Å². The second-order valence-electron chi connectivity index (χ2n) is 3.46. The van der Waals surface area contributed by atoms with E-state index < -0.39 is 0 Å². The van der Waals surface area contributed by atoms with E-state index in [-0.39, 0.29) is 11.7 Å². The molecule has 1 aliphatic rings. The molecule has 76 valence electrons. The minimum atomic E-state index is -0.228. The van der Waals surface area contributed by atoms with Crippen molar-refractivity contribution in [3.63, 3.8) is 0 Å². The summed E-state index contributed by atoms with van der Waals surface area (Å²) < 4.78 is 0. The van der Waals surface area contributed by atoms with Crippen LogP contribution < -0.4 is 10.5 Å². The number of piperidine rings is 1. The molecule has 0 spiro atoms. The highest BCUT2D eigenvalue weighted by molar-refractivity contribution is 5.35. The van der Waals surface area contributed by atoms with Gasteiger partial charge in [-0.05, 0) is 12.8 Å². The number of nitrogens with zero attached hydrogens (tertiary/aromatic N) is 2. The van der Waals surface area contributed by atoms with E-state index in [2.05, 4.69) is 9.97 Å². The van der Waals surface area contributed by atoms with Gasteiger partial charge >= 0.3 is 0 Å². The van der Waals surface area contributed by atoms with Gasteiger partial charge in [0.25, 0.3) is 5.56 Å². The molecule has 14 heavy (non-hydrogen) atoms. The Labute approximate surface area is 81.4 Å². The number of anilines is 1. The van der Waals surface area contributed by atoms with Crippen molar-refractivity contribution in [3.05, 3.63) is 22.7 Å². The van der Waals surface area contributed by atoms with Gasteiger partial charge in [-0.1, -0.05) is 0 Å². The van der Waals surface area contributed by atoms with Crippen LogP contribution in [0.2, 0.25) is 0 Å². The number of aromatic amines is 1. The van der Waals surface area contributed by atoms with E-state index in [1.165, 1.54) is 6.20 Å². The molecule has 0 aromatic carbocycles. The zero-order valence-corrected chi connectivity index (χ0v) is 7.81. The average Bonchev–Trinajstić information content (AvgIpc) is 2.20. The Kier molecular flexibility index (Phi) is 2.49. The largest absolute Gasteiger partial charge is 0.393 e. The lowest BCUT2D eigenvalue weighted by molar-refractivity contribution is 0.145. The molecule has 1 aliphatic heterocycles. The molecule has 0 aliphatic carbocycles. The van der Waals surface area contributed by atoms with Crippen molar-refractivity contribution in [2.75, 3.05) is 18.0 Å². The fraction of sp³-hybridized carbons (Fsp3) is 0.556. The molecule has 1 aromatic rings. The van der Waals surface area contributed by atoms with Gasteiger partial charge in [0.2, 0.25) is 0 Å².